The third kappa shape index (κ3) is 4.04. The summed E-state index contributed by atoms with van der Waals surface area (Å²) in [6.45, 7) is 0. The number of aromatic nitrogens is 2. The van der Waals surface area contributed by atoms with Gasteiger partial charge in [0, 0.05) is 24.1 Å². The van der Waals surface area contributed by atoms with Crippen LogP contribution < -0.4 is 10.6 Å². The standard InChI is InChI=1S/C21H26N4O2/c26-20(24-19-12-13-22-25(19)17-7-2-1-3-8-17)11-10-16-14-15-6-4-5-9-18(15)23-21(16)27/h4-6,9,12-13,16-17H,1-3,7-8,10-11,14H2,(H,23,27)(H,24,26). The molecule has 1 atom stereocenters. The number of nitrogens with one attached hydrogen (secondary N) is 2. The molecule has 6 nitrogen and oxygen atoms in total. The van der Waals surface area contributed by atoms with Gasteiger partial charge in [-0.05, 0) is 37.3 Å². The van der Waals surface area contributed by atoms with Gasteiger partial charge in [-0.2, -0.15) is 5.10 Å². The third-order valence-corrected chi connectivity index (χ3v) is 5.69. The van der Waals surface area contributed by atoms with Crippen molar-refractivity contribution in [2.24, 2.45) is 5.92 Å². The molecule has 1 aromatic heterocycles. The maximum absolute atomic E-state index is 12.5. The predicted octanol–water partition coefficient (Wildman–Crippen LogP) is 3.92. The molecule has 2 heterocycles. The smallest absolute Gasteiger partial charge is 0.227 e. The van der Waals surface area contributed by atoms with Gasteiger partial charge < -0.3 is 10.6 Å². The Morgan fingerprint density at radius 3 is 2.85 bits per heavy atom. The van der Waals surface area contributed by atoms with Crippen LogP contribution in [0.15, 0.2) is 36.5 Å². The highest BCUT2D eigenvalue weighted by Gasteiger charge is 2.26. The van der Waals surface area contributed by atoms with Crippen LogP contribution in [0, 0.1) is 5.92 Å². The zero-order valence-electron chi connectivity index (χ0n) is 15.5. The molecule has 2 amide bonds. The number of nitrogens with zero attached hydrogens (tertiary/aromatic N) is 2. The van der Waals surface area contributed by atoms with Crippen molar-refractivity contribution >= 4 is 23.3 Å². The fraction of sp³-hybridized carbons (Fsp3) is 0.476. The Labute approximate surface area is 159 Å². The maximum atomic E-state index is 12.5. The molecule has 0 bridgehead atoms. The molecule has 4 rings (SSSR count). The van der Waals surface area contributed by atoms with Gasteiger partial charge in [0.15, 0.2) is 0 Å². The summed E-state index contributed by atoms with van der Waals surface area (Å²) in [6.07, 6.45) is 9.27. The van der Waals surface area contributed by atoms with Crippen LogP contribution in [-0.4, -0.2) is 21.6 Å². The van der Waals surface area contributed by atoms with E-state index in [1.807, 2.05) is 35.0 Å². The molecule has 2 aromatic rings. The fourth-order valence-electron chi connectivity index (χ4n) is 4.19. The highest BCUT2D eigenvalue weighted by atomic mass is 16.2. The van der Waals surface area contributed by atoms with Crippen LogP contribution in [0.25, 0.3) is 0 Å². The van der Waals surface area contributed by atoms with Crippen molar-refractivity contribution < 1.29 is 9.59 Å². The summed E-state index contributed by atoms with van der Waals surface area (Å²) in [7, 11) is 0. The van der Waals surface area contributed by atoms with Crippen molar-refractivity contribution in [3.63, 3.8) is 0 Å². The molecule has 2 aliphatic rings. The molecule has 0 radical (unpaired) electrons. The number of para-hydroxylation sites is 1. The molecule has 142 valence electrons. The number of anilines is 2. The average molecular weight is 366 g/mol. The van der Waals surface area contributed by atoms with Gasteiger partial charge in [0.05, 0.1) is 12.2 Å². The minimum atomic E-state index is -0.158. The van der Waals surface area contributed by atoms with Crippen LogP contribution in [0.1, 0.15) is 56.6 Å². The maximum Gasteiger partial charge on any atom is 0.227 e. The molecule has 0 spiro atoms. The van der Waals surface area contributed by atoms with E-state index in [1.54, 1.807) is 6.20 Å². The number of carbonyl (C=O) groups excluding carboxylic acids is 2. The lowest BCUT2D eigenvalue weighted by Gasteiger charge is -2.25. The molecule has 0 saturated heterocycles. The van der Waals surface area contributed by atoms with Crippen LogP contribution in [0.2, 0.25) is 0 Å². The first kappa shape index (κ1) is 17.8. The van der Waals surface area contributed by atoms with E-state index in [9.17, 15) is 9.59 Å². The molecule has 2 N–H and O–H groups in total. The second-order valence-corrected chi connectivity index (χ2v) is 7.59. The summed E-state index contributed by atoms with van der Waals surface area (Å²) >= 11 is 0. The van der Waals surface area contributed by atoms with Crippen molar-refractivity contribution in [2.75, 3.05) is 10.6 Å². The summed E-state index contributed by atoms with van der Waals surface area (Å²) in [5.74, 6) is 0.562. The lowest BCUT2D eigenvalue weighted by atomic mass is 9.89. The quantitative estimate of drug-likeness (QED) is 0.842. The van der Waals surface area contributed by atoms with Gasteiger partial charge >= 0.3 is 0 Å². The Bertz CT molecular complexity index is 823. The SMILES string of the molecule is O=C(CCC1Cc2ccccc2NC1=O)Nc1ccnn1C1CCCCC1. The molecule has 1 aliphatic heterocycles. The zero-order chi connectivity index (χ0) is 18.6. The van der Waals surface area contributed by atoms with E-state index in [0.29, 0.717) is 25.3 Å². The first-order chi connectivity index (χ1) is 13.2. The van der Waals surface area contributed by atoms with Crippen molar-refractivity contribution in [3.05, 3.63) is 42.1 Å². The predicted molar refractivity (Wildman–Crippen MR) is 104 cm³/mol. The van der Waals surface area contributed by atoms with E-state index in [2.05, 4.69) is 15.7 Å². The molecule has 6 heteroatoms. The number of amides is 2. The van der Waals surface area contributed by atoms with Gasteiger partial charge in [-0.1, -0.05) is 37.5 Å². The van der Waals surface area contributed by atoms with E-state index < -0.39 is 0 Å². The molecular weight excluding hydrogens is 340 g/mol. The first-order valence-electron chi connectivity index (χ1n) is 9.93. The zero-order valence-corrected chi connectivity index (χ0v) is 15.5. The van der Waals surface area contributed by atoms with Crippen molar-refractivity contribution in [1.82, 2.24) is 9.78 Å². The normalized spacial score (nSPS) is 20.0. The van der Waals surface area contributed by atoms with Gasteiger partial charge in [0.2, 0.25) is 11.8 Å². The lowest BCUT2D eigenvalue weighted by molar-refractivity contribution is -0.121. The molecular formula is C21H26N4O2. The summed E-state index contributed by atoms with van der Waals surface area (Å²) < 4.78 is 1.96. The topological polar surface area (TPSA) is 76.0 Å². The molecule has 27 heavy (non-hydrogen) atoms. The van der Waals surface area contributed by atoms with Crippen molar-refractivity contribution in [2.45, 2.75) is 57.4 Å². The minimum absolute atomic E-state index is 0.00810. The summed E-state index contributed by atoms with van der Waals surface area (Å²) in [4.78, 5) is 24.7. The van der Waals surface area contributed by atoms with Crippen molar-refractivity contribution in [3.8, 4) is 0 Å². The molecule has 1 fully saturated rings. The Morgan fingerprint density at radius 2 is 2.00 bits per heavy atom. The number of hydrogen-bond acceptors (Lipinski definition) is 3. The minimum Gasteiger partial charge on any atom is -0.326 e. The second-order valence-electron chi connectivity index (χ2n) is 7.59. The Kier molecular flexibility index (Phi) is 5.23. The van der Waals surface area contributed by atoms with Crippen molar-refractivity contribution in [1.29, 1.82) is 0 Å². The fourth-order valence-corrected chi connectivity index (χ4v) is 4.19. The summed E-state index contributed by atoms with van der Waals surface area (Å²) in [6, 6.07) is 10.1. The van der Waals surface area contributed by atoms with Gasteiger partial charge in [-0.3, -0.25) is 9.59 Å². The Balaban J connectivity index is 1.33. The van der Waals surface area contributed by atoms with E-state index in [1.165, 1.54) is 19.3 Å². The number of fused-ring (bicyclic) bond motifs is 1. The first-order valence-corrected chi connectivity index (χ1v) is 9.93. The number of hydrogen-bond donors (Lipinski definition) is 2. The number of rotatable bonds is 5. The van der Waals surface area contributed by atoms with E-state index in [-0.39, 0.29) is 17.7 Å². The second kappa shape index (κ2) is 7.94. The Hall–Kier alpha value is -2.63. The highest BCUT2D eigenvalue weighted by Crippen LogP contribution is 2.30. The van der Waals surface area contributed by atoms with Crippen LogP contribution in [0.4, 0.5) is 11.5 Å². The van der Waals surface area contributed by atoms with Crippen LogP contribution in [-0.2, 0) is 16.0 Å². The highest BCUT2D eigenvalue weighted by molar-refractivity contribution is 5.96. The van der Waals surface area contributed by atoms with Crippen LogP contribution >= 0.6 is 0 Å². The van der Waals surface area contributed by atoms with E-state index in [0.717, 1.165) is 29.9 Å². The van der Waals surface area contributed by atoms with Gasteiger partial charge in [0.25, 0.3) is 0 Å². The largest absolute Gasteiger partial charge is 0.326 e. The number of carbonyl (C=O) groups is 2. The monoisotopic (exact) mass is 366 g/mol. The summed E-state index contributed by atoms with van der Waals surface area (Å²) in [5.41, 5.74) is 2.03. The van der Waals surface area contributed by atoms with Gasteiger partial charge in [0.1, 0.15) is 5.82 Å². The van der Waals surface area contributed by atoms with Gasteiger partial charge in [-0.25, -0.2) is 4.68 Å². The molecule has 1 aromatic carbocycles. The third-order valence-electron chi connectivity index (χ3n) is 5.69. The lowest BCUT2D eigenvalue weighted by Crippen LogP contribution is -2.30. The number of benzene rings is 1. The molecule has 1 saturated carbocycles. The molecule has 1 aliphatic carbocycles. The van der Waals surface area contributed by atoms with Gasteiger partial charge in [-0.15, -0.1) is 0 Å². The Morgan fingerprint density at radius 1 is 1.19 bits per heavy atom. The van der Waals surface area contributed by atoms with E-state index in [4.69, 9.17) is 0 Å². The van der Waals surface area contributed by atoms with Crippen LogP contribution in [0.3, 0.4) is 0 Å². The summed E-state index contributed by atoms with van der Waals surface area (Å²) in [5, 5.41) is 10.4. The van der Waals surface area contributed by atoms with E-state index >= 15 is 0 Å². The average Bonchev–Trinajstić information content (AvgIpc) is 3.15. The molecule has 1 unspecified atom stereocenters. The van der Waals surface area contributed by atoms with Crippen LogP contribution in [0.5, 0.6) is 0 Å².